The summed E-state index contributed by atoms with van der Waals surface area (Å²) in [5.41, 5.74) is 12.4. The van der Waals surface area contributed by atoms with Crippen molar-refractivity contribution in [2.24, 2.45) is 40.7 Å². The van der Waals surface area contributed by atoms with Crippen LogP contribution in [0.25, 0.3) is 0 Å². The van der Waals surface area contributed by atoms with Gasteiger partial charge in [-0.25, -0.2) is 0 Å². The van der Waals surface area contributed by atoms with Crippen molar-refractivity contribution in [1.29, 1.82) is 0 Å². The maximum absolute atomic E-state index is 9.62. The zero-order chi connectivity index (χ0) is 22.6. The van der Waals surface area contributed by atoms with E-state index in [1.807, 2.05) is 0 Å². The quantitative estimate of drug-likeness (QED) is 0.136. The van der Waals surface area contributed by atoms with Crippen LogP contribution in [0.3, 0.4) is 0 Å². The molecule has 6 atom stereocenters. The Labute approximate surface area is 218 Å². The fourth-order valence-electron chi connectivity index (χ4n) is 6.33. The van der Waals surface area contributed by atoms with Crippen molar-refractivity contribution in [2.75, 3.05) is 19.7 Å². The van der Waals surface area contributed by atoms with Gasteiger partial charge in [-0.1, -0.05) is 65.4 Å². The van der Waals surface area contributed by atoms with Crippen LogP contribution in [-0.2, 0) is 0 Å². The Kier molecular flexibility index (Phi) is 17.5. The molecule has 3 nitrogen and oxygen atoms in total. The predicted octanol–water partition coefficient (Wildman–Crippen LogP) is 5.39. The van der Waals surface area contributed by atoms with E-state index in [1.165, 1.54) is 51.4 Å². The molecule has 0 aliphatic heterocycles. The van der Waals surface area contributed by atoms with Gasteiger partial charge in [0.25, 0.3) is 0 Å². The van der Waals surface area contributed by atoms with Crippen LogP contribution in [0.5, 0.6) is 0 Å². The monoisotopic (exact) mass is 660 g/mol. The minimum Gasteiger partial charge on any atom is -0.396 e. The molecule has 31 heavy (non-hydrogen) atoms. The van der Waals surface area contributed by atoms with Crippen LogP contribution in [0, 0.1) is 73.0 Å². The molecule has 0 heterocycles. The van der Waals surface area contributed by atoms with Gasteiger partial charge in [0, 0.05) is 37.7 Å². The number of allylic oxidation sites excluding steroid dienone is 1. The number of hydrogen-bond acceptors (Lipinski definition) is 2. The fraction of sp³-hybridized carbons (Fsp3) is 0.889. The Morgan fingerprint density at radius 1 is 1.16 bits per heavy atom. The van der Waals surface area contributed by atoms with Crippen LogP contribution in [0.2, 0.25) is 0 Å². The van der Waals surface area contributed by atoms with Gasteiger partial charge >= 0.3 is 0 Å². The van der Waals surface area contributed by atoms with Crippen LogP contribution in [0.15, 0.2) is 11.6 Å². The van der Waals surface area contributed by atoms with E-state index in [0.717, 1.165) is 44.2 Å². The van der Waals surface area contributed by atoms with E-state index in [2.05, 4.69) is 46.4 Å². The summed E-state index contributed by atoms with van der Waals surface area (Å²) in [6.45, 7) is 15.6. The van der Waals surface area contributed by atoms with E-state index >= 15 is 0 Å². The third-order valence-electron chi connectivity index (χ3n) is 8.38. The molecule has 0 spiro atoms. The van der Waals surface area contributed by atoms with Gasteiger partial charge in [-0.2, -0.15) is 6.42 Å². The molecule has 1 saturated carbocycles. The van der Waals surface area contributed by atoms with Gasteiger partial charge in [0.15, 0.2) is 0 Å². The van der Waals surface area contributed by atoms with Crippen LogP contribution in [0.4, 0.5) is 0 Å². The molecule has 6 unspecified atom stereocenters. The molecule has 0 aromatic carbocycles. The summed E-state index contributed by atoms with van der Waals surface area (Å²) in [6, 6.07) is 0. The molecule has 1 rings (SSSR count). The third-order valence-corrected chi connectivity index (χ3v) is 8.38. The summed E-state index contributed by atoms with van der Waals surface area (Å²) in [4.78, 5) is 0. The SMILES string of the molecule is [CH2-]CCCC(CC)C(CCC)CC(CCCO)C(CN)C(C)(CC)C1CC1=CC[NH3+].[U]. The fourth-order valence-corrected chi connectivity index (χ4v) is 6.33. The number of rotatable bonds is 18. The first-order valence-electron chi connectivity index (χ1n) is 13.0. The molecular formula is C27H54N2OU. The van der Waals surface area contributed by atoms with Gasteiger partial charge in [-0.15, -0.1) is 0 Å². The van der Waals surface area contributed by atoms with E-state index in [9.17, 15) is 5.11 Å². The number of nitrogens with two attached hydrogens (primary N) is 1. The zero-order valence-electron chi connectivity index (χ0n) is 21.3. The van der Waals surface area contributed by atoms with E-state index < -0.39 is 0 Å². The number of unbranched alkanes of at least 4 members (excludes halogenated alkanes) is 1. The van der Waals surface area contributed by atoms with Gasteiger partial charge in [0.1, 0.15) is 0 Å². The summed E-state index contributed by atoms with van der Waals surface area (Å²) in [5, 5.41) is 9.62. The average molecular weight is 661 g/mol. The molecule has 0 saturated heterocycles. The summed E-state index contributed by atoms with van der Waals surface area (Å²) in [7, 11) is 0. The van der Waals surface area contributed by atoms with Crippen molar-refractivity contribution < 1.29 is 42.0 Å². The largest absolute Gasteiger partial charge is 0.396 e. The van der Waals surface area contributed by atoms with E-state index in [0.29, 0.717) is 24.4 Å². The van der Waals surface area contributed by atoms with Gasteiger partial charge in [0.05, 0.1) is 6.54 Å². The standard InChI is InChI=1S/C27H53N2O.U/c1-6-10-13-21(8-3)22(12-7-2)18-23(14-11-17-30)26(20-29)27(5,9-4)25-19-24(25)15-16-28;/h15,21-23,25-26,30H,1,6-14,16-20,28-29H2,2-5H3;/q-1;/p+1. The second-order valence-electron chi connectivity index (χ2n) is 10.1. The third kappa shape index (κ3) is 9.44. The molecule has 0 aromatic rings. The summed E-state index contributed by atoms with van der Waals surface area (Å²) in [5.74, 6) is 3.40. The second kappa shape index (κ2) is 17.2. The van der Waals surface area contributed by atoms with E-state index in [1.54, 1.807) is 5.57 Å². The summed E-state index contributed by atoms with van der Waals surface area (Å²) >= 11 is 0. The first-order chi connectivity index (χ1) is 14.5. The molecule has 6 N–H and O–H groups in total. The Hall–Kier alpha value is 0.672. The van der Waals surface area contributed by atoms with Gasteiger partial charge in [0.2, 0.25) is 0 Å². The van der Waals surface area contributed by atoms with Gasteiger partial charge in [-0.05, 0) is 79.7 Å². The van der Waals surface area contributed by atoms with Gasteiger partial charge < -0.3 is 23.5 Å². The number of quaternary nitrogens is 1. The normalized spacial score (nSPS) is 23.0. The molecule has 0 amide bonds. The summed E-state index contributed by atoms with van der Waals surface area (Å²) < 4.78 is 0. The zero-order valence-corrected chi connectivity index (χ0v) is 25.5. The Balaban J connectivity index is 0.00000900. The van der Waals surface area contributed by atoms with Crippen LogP contribution in [-0.4, -0.2) is 24.8 Å². The first-order valence-corrected chi connectivity index (χ1v) is 13.0. The molecule has 4 heteroatoms. The van der Waals surface area contributed by atoms with Crippen molar-refractivity contribution in [3.05, 3.63) is 18.6 Å². The summed E-state index contributed by atoms with van der Waals surface area (Å²) in [6.07, 6.45) is 15.5. The smallest absolute Gasteiger partial charge is 0.0929 e. The van der Waals surface area contributed by atoms with Crippen molar-refractivity contribution in [1.82, 2.24) is 0 Å². The molecular weight excluding hydrogens is 606 g/mol. The van der Waals surface area contributed by atoms with Crippen LogP contribution >= 0.6 is 0 Å². The minimum atomic E-state index is 0. The molecule has 1 aliphatic carbocycles. The second-order valence-corrected chi connectivity index (χ2v) is 10.1. The maximum atomic E-state index is 9.62. The number of hydrogen-bond donors (Lipinski definition) is 3. The molecule has 1 aliphatic rings. The topological polar surface area (TPSA) is 73.9 Å². The van der Waals surface area contributed by atoms with Crippen LogP contribution < -0.4 is 11.5 Å². The maximum Gasteiger partial charge on any atom is 0.0929 e. The average Bonchev–Trinajstić information content (AvgIpc) is 3.52. The number of aliphatic hydroxyl groups is 1. The van der Waals surface area contributed by atoms with Crippen molar-refractivity contribution in [3.8, 4) is 0 Å². The van der Waals surface area contributed by atoms with Crippen molar-refractivity contribution in [2.45, 2.75) is 98.3 Å². The van der Waals surface area contributed by atoms with Crippen LogP contribution in [0.1, 0.15) is 98.3 Å². The Morgan fingerprint density at radius 2 is 1.84 bits per heavy atom. The van der Waals surface area contributed by atoms with E-state index in [-0.39, 0.29) is 36.5 Å². The molecule has 0 bridgehead atoms. The molecule has 0 radical (unpaired) electrons. The Morgan fingerprint density at radius 3 is 2.32 bits per heavy atom. The molecule has 1 fully saturated rings. The minimum absolute atomic E-state index is 0. The first kappa shape index (κ1) is 31.7. The molecule has 182 valence electrons. The number of aliphatic hydroxyl groups excluding tert-OH is 1. The van der Waals surface area contributed by atoms with Gasteiger partial charge in [-0.3, -0.25) is 0 Å². The van der Waals surface area contributed by atoms with E-state index in [4.69, 9.17) is 5.73 Å². The van der Waals surface area contributed by atoms with Crippen molar-refractivity contribution in [3.63, 3.8) is 0 Å². The Bertz CT molecular complexity index is 484. The van der Waals surface area contributed by atoms with Crippen molar-refractivity contribution >= 4 is 0 Å². The molecule has 0 aromatic heterocycles. The predicted molar refractivity (Wildman–Crippen MR) is 131 cm³/mol.